The van der Waals surface area contributed by atoms with E-state index in [4.69, 9.17) is 23.4 Å². The highest BCUT2D eigenvalue weighted by atomic mass is 16.7. The maximum Gasteiger partial charge on any atom is 0.238 e. The number of hydrogen-bond acceptors (Lipinski definition) is 16. The molecule has 2 aliphatic rings. The second-order valence-electron chi connectivity index (χ2n) is 10.3. The third kappa shape index (κ3) is 5.55. The molecule has 16 heteroatoms. The van der Waals surface area contributed by atoms with Crippen molar-refractivity contribution < 1.29 is 74.4 Å². The summed E-state index contributed by atoms with van der Waals surface area (Å²) in [5.41, 5.74) is -1.59. The number of aromatic hydroxyl groups is 4. The summed E-state index contributed by atoms with van der Waals surface area (Å²) in [6.07, 6.45) is -16.1. The maximum atomic E-state index is 13.0. The lowest BCUT2D eigenvalue weighted by Gasteiger charge is -2.42. The van der Waals surface area contributed by atoms with Crippen molar-refractivity contribution in [1.82, 2.24) is 0 Å². The molecule has 0 aliphatic carbocycles. The lowest BCUT2D eigenvalue weighted by Crippen LogP contribution is -2.61. The average molecular weight is 611 g/mol. The average Bonchev–Trinajstić information content (AvgIpc) is 2.97. The molecule has 0 spiro atoms. The first kappa shape index (κ1) is 30.7. The molecule has 2 aromatic carbocycles. The molecule has 0 saturated carbocycles. The van der Waals surface area contributed by atoms with Crippen LogP contribution in [0.5, 0.6) is 28.7 Å². The number of phenolic OH excluding ortho intramolecular Hbond substituents is 3. The van der Waals surface area contributed by atoms with Gasteiger partial charge in [-0.1, -0.05) is 0 Å². The number of hydrogen-bond donors (Lipinski definition) is 10. The first-order chi connectivity index (χ1) is 20.3. The quantitative estimate of drug-likeness (QED) is 0.149. The summed E-state index contributed by atoms with van der Waals surface area (Å²) in [7, 11) is 0. The monoisotopic (exact) mass is 610 g/mol. The Hall–Kier alpha value is -3.71. The Kier molecular flexibility index (Phi) is 8.41. The van der Waals surface area contributed by atoms with E-state index in [2.05, 4.69) is 0 Å². The van der Waals surface area contributed by atoms with E-state index in [1.54, 1.807) is 0 Å². The summed E-state index contributed by atoms with van der Waals surface area (Å²) in [6.45, 7) is 0.823. The van der Waals surface area contributed by atoms with Crippen LogP contribution in [0.25, 0.3) is 22.3 Å². The Bertz CT molecular complexity index is 1520. The second-order valence-corrected chi connectivity index (χ2v) is 10.3. The molecule has 10 N–H and O–H groups in total. The number of rotatable bonds is 6. The fourth-order valence-corrected chi connectivity index (χ4v) is 4.83. The zero-order chi connectivity index (χ0) is 31.3. The van der Waals surface area contributed by atoms with Crippen molar-refractivity contribution in [3.05, 3.63) is 40.6 Å². The summed E-state index contributed by atoms with van der Waals surface area (Å²) in [5.74, 6) is -3.71. The Morgan fingerprint density at radius 1 is 0.767 bits per heavy atom. The molecule has 4 unspecified atom stereocenters. The fourth-order valence-electron chi connectivity index (χ4n) is 4.83. The lowest BCUT2D eigenvalue weighted by atomic mass is 9.98. The molecule has 0 radical (unpaired) electrons. The molecule has 2 fully saturated rings. The van der Waals surface area contributed by atoms with E-state index in [9.17, 15) is 55.9 Å². The largest absolute Gasteiger partial charge is 0.508 e. The van der Waals surface area contributed by atoms with Gasteiger partial charge >= 0.3 is 0 Å². The van der Waals surface area contributed by atoms with Gasteiger partial charge in [-0.15, -0.1) is 0 Å². The van der Waals surface area contributed by atoms with Gasteiger partial charge in [-0.3, -0.25) is 4.79 Å². The minimum Gasteiger partial charge on any atom is -0.508 e. The van der Waals surface area contributed by atoms with Crippen molar-refractivity contribution in [2.75, 3.05) is 6.61 Å². The van der Waals surface area contributed by atoms with E-state index < -0.39 is 113 Å². The van der Waals surface area contributed by atoms with Crippen LogP contribution in [0.3, 0.4) is 0 Å². The standard InChI is InChI=1S/C27H30O16/c1-8-15(31)18(34)21(37)26(40-8)39-7-13-16(32)19(35)22(38)27(41-13)43-24-12(30)6-11(29)14-17(33)20(36)23(42-25(14)24)9-2-4-10(28)5-3-9/h2-6,8,13,15-16,18-19,21-22,26-32,34-38H,7H2,1H3/t8?,13-,15-,16+,18-,19?,21?,22?,26+,27-/m0/s1. The summed E-state index contributed by atoms with van der Waals surface area (Å²) >= 11 is 0. The fraction of sp³-hybridized carbons (Fsp3) is 0.444. The van der Waals surface area contributed by atoms with Crippen molar-refractivity contribution >= 4 is 11.0 Å². The highest BCUT2D eigenvalue weighted by Crippen LogP contribution is 2.44. The molecule has 10 atom stereocenters. The Balaban J connectivity index is 1.46. The molecule has 16 nitrogen and oxygen atoms in total. The topological polar surface area (TPSA) is 269 Å². The molecule has 234 valence electrons. The van der Waals surface area contributed by atoms with Crippen molar-refractivity contribution in [1.29, 1.82) is 0 Å². The molecule has 1 aromatic heterocycles. The summed E-state index contributed by atoms with van der Waals surface area (Å²) < 4.78 is 27.6. The normalized spacial score (nSPS) is 33.0. The Morgan fingerprint density at radius 3 is 2.07 bits per heavy atom. The van der Waals surface area contributed by atoms with E-state index in [0.29, 0.717) is 6.07 Å². The molecule has 2 saturated heterocycles. The third-order valence-electron chi connectivity index (χ3n) is 7.32. The molecule has 0 bridgehead atoms. The van der Waals surface area contributed by atoms with Crippen molar-refractivity contribution in [3.63, 3.8) is 0 Å². The van der Waals surface area contributed by atoms with Crippen LogP contribution in [0.4, 0.5) is 0 Å². The van der Waals surface area contributed by atoms with Gasteiger partial charge in [0.15, 0.2) is 23.4 Å². The van der Waals surface area contributed by atoms with Crippen LogP contribution in [-0.4, -0.2) is 119 Å². The SMILES string of the molecule is CC1O[C@@H](OC[C@@H]2O[C@@H](Oc3c(O)cc(O)c4c(=O)c(O)c(-c5ccc(O)cc5)oc34)C(O)C(O)[C@@H]2O)C(O)[C@@H](O)[C@H]1O. The van der Waals surface area contributed by atoms with E-state index in [-0.39, 0.29) is 11.3 Å². The zero-order valence-corrected chi connectivity index (χ0v) is 22.3. The van der Waals surface area contributed by atoms with E-state index in [0.717, 1.165) is 0 Å². The number of aliphatic hydroxyl groups is 6. The first-order valence-electron chi connectivity index (χ1n) is 13.0. The number of ether oxygens (including phenoxy) is 4. The molecule has 5 rings (SSSR count). The van der Waals surface area contributed by atoms with E-state index in [1.807, 2.05) is 0 Å². The number of benzene rings is 2. The van der Waals surface area contributed by atoms with Gasteiger partial charge < -0.3 is 74.4 Å². The molecule has 3 heterocycles. The van der Waals surface area contributed by atoms with Crippen LogP contribution < -0.4 is 10.2 Å². The van der Waals surface area contributed by atoms with Gasteiger partial charge in [-0.05, 0) is 31.2 Å². The van der Waals surface area contributed by atoms with Gasteiger partial charge in [0.2, 0.25) is 23.2 Å². The van der Waals surface area contributed by atoms with Gasteiger partial charge in [0.1, 0.15) is 59.6 Å². The third-order valence-corrected chi connectivity index (χ3v) is 7.32. The minimum absolute atomic E-state index is 0.117. The van der Waals surface area contributed by atoms with Crippen LogP contribution in [0, 0.1) is 0 Å². The van der Waals surface area contributed by atoms with Crippen LogP contribution in [-0.2, 0) is 14.2 Å². The van der Waals surface area contributed by atoms with Crippen LogP contribution in [0.1, 0.15) is 6.92 Å². The molecule has 43 heavy (non-hydrogen) atoms. The van der Waals surface area contributed by atoms with Gasteiger partial charge in [0.25, 0.3) is 0 Å². The van der Waals surface area contributed by atoms with Crippen molar-refractivity contribution in [2.45, 2.75) is 68.3 Å². The Labute approximate surface area is 241 Å². The second kappa shape index (κ2) is 11.8. The van der Waals surface area contributed by atoms with Gasteiger partial charge in [0.05, 0.1) is 12.7 Å². The van der Waals surface area contributed by atoms with Gasteiger partial charge in [0, 0.05) is 11.6 Å². The van der Waals surface area contributed by atoms with E-state index in [1.165, 1.54) is 31.2 Å². The zero-order valence-electron chi connectivity index (χ0n) is 22.3. The molecule has 0 amide bonds. The minimum atomic E-state index is -1.96. The highest BCUT2D eigenvalue weighted by molar-refractivity contribution is 5.93. The smallest absolute Gasteiger partial charge is 0.238 e. The first-order valence-corrected chi connectivity index (χ1v) is 13.0. The molecular weight excluding hydrogens is 580 g/mol. The lowest BCUT2D eigenvalue weighted by molar-refractivity contribution is -0.318. The number of phenols is 3. The predicted molar refractivity (Wildman–Crippen MR) is 140 cm³/mol. The number of aliphatic hydroxyl groups excluding tert-OH is 6. The van der Waals surface area contributed by atoms with Crippen LogP contribution in [0.15, 0.2) is 39.5 Å². The summed E-state index contributed by atoms with van der Waals surface area (Å²) in [4.78, 5) is 13.0. The molecular formula is C27H30O16. The maximum absolute atomic E-state index is 13.0. The summed E-state index contributed by atoms with van der Waals surface area (Å²) in [5, 5.41) is 102. The predicted octanol–water partition coefficient (Wildman–Crippen LogP) is -1.69. The van der Waals surface area contributed by atoms with Crippen LogP contribution >= 0.6 is 0 Å². The van der Waals surface area contributed by atoms with Crippen LogP contribution in [0.2, 0.25) is 0 Å². The van der Waals surface area contributed by atoms with E-state index >= 15 is 0 Å². The molecule has 3 aromatic rings. The van der Waals surface area contributed by atoms with Crippen molar-refractivity contribution in [2.24, 2.45) is 0 Å². The van der Waals surface area contributed by atoms with Crippen molar-refractivity contribution in [3.8, 4) is 40.1 Å². The molecule has 2 aliphatic heterocycles. The Morgan fingerprint density at radius 2 is 1.40 bits per heavy atom. The van der Waals surface area contributed by atoms with Gasteiger partial charge in [-0.2, -0.15) is 0 Å². The highest BCUT2D eigenvalue weighted by Gasteiger charge is 2.47. The summed E-state index contributed by atoms with van der Waals surface area (Å²) in [6, 6.07) is 5.83. The van der Waals surface area contributed by atoms with Gasteiger partial charge in [-0.25, -0.2) is 0 Å². The number of fused-ring (bicyclic) bond motifs is 1.